The minimum Gasteiger partial charge on any atom is -0.495 e. The summed E-state index contributed by atoms with van der Waals surface area (Å²) in [6.07, 6.45) is 2.81. The van der Waals surface area contributed by atoms with Crippen LogP contribution in [-0.2, 0) is 4.79 Å². The Hall–Kier alpha value is -2.02. The molecule has 28 heavy (non-hydrogen) atoms. The second-order valence-electron chi connectivity index (χ2n) is 6.21. The Morgan fingerprint density at radius 3 is 2.68 bits per heavy atom. The molecule has 146 valence electrons. The van der Waals surface area contributed by atoms with Crippen LogP contribution in [0, 0.1) is 0 Å². The van der Waals surface area contributed by atoms with Crippen molar-refractivity contribution in [2.75, 3.05) is 12.0 Å². The average Bonchev–Trinajstić information content (AvgIpc) is 2.96. The van der Waals surface area contributed by atoms with Crippen LogP contribution in [0.3, 0.4) is 0 Å². The number of anilines is 1. The van der Waals surface area contributed by atoms with Gasteiger partial charge in [-0.1, -0.05) is 60.7 Å². The van der Waals surface area contributed by atoms with E-state index in [9.17, 15) is 4.79 Å². The van der Waals surface area contributed by atoms with Crippen molar-refractivity contribution in [2.24, 2.45) is 0 Å². The standard InChI is InChI=1S/C21H20ClNO3S2/c1-4-13(2)26-17-8-6-5-7-14(17)11-19-20(24)23(21(27)28-19)15-9-10-18(25-3)16(22)12-15/h5-13H,4H2,1-3H3/b19-11+/t13-/m0/s1. The Bertz CT molecular complexity index is 945. The lowest BCUT2D eigenvalue weighted by atomic mass is 10.1. The maximum absolute atomic E-state index is 13.0. The smallest absolute Gasteiger partial charge is 0.270 e. The van der Waals surface area contributed by atoms with E-state index < -0.39 is 0 Å². The van der Waals surface area contributed by atoms with Crippen LogP contribution in [0.2, 0.25) is 5.02 Å². The van der Waals surface area contributed by atoms with Gasteiger partial charge in [-0.15, -0.1) is 0 Å². The number of hydrogen-bond donors (Lipinski definition) is 0. The van der Waals surface area contributed by atoms with Crippen molar-refractivity contribution < 1.29 is 14.3 Å². The number of carbonyl (C=O) groups excluding carboxylic acids is 1. The van der Waals surface area contributed by atoms with Gasteiger partial charge in [-0.3, -0.25) is 9.69 Å². The highest BCUT2D eigenvalue weighted by Crippen LogP contribution is 2.39. The Morgan fingerprint density at radius 2 is 2.00 bits per heavy atom. The van der Waals surface area contributed by atoms with Gasteiger partial charge in [0.1, 0.15) is 11.5 Å². The van der Waals surface area contributed by atoms with Crippen molar-refractivity contribution in [2.45, 2.75) is 26.4 Å². The normalized spacial score (nSPS) is 16.6. The van der Waals surface area contributed by atoms with Crippen LogP contribution in [-0.4, -0.2) is 23.4 Å². The molecule has 2 aromatic rings. The maximum Gasteiger partial charge on any atom is 0.270 e. The van der Waals surface area contributed by atoms with Crippen molar-refractivity contribution in [3.63, 3.8) is 0 Å². The number of benzene rings is 2. The predicted molar refractivity (Wildman–Crippen MR) is 120 cm³/mol. The summed E-state index contributed by atoms with van der Waals surface area (Å²) in [7, 11) is 1.54. The van der Waals surface area contributed by atoms with Crippen molar-refractivity contribution in [1.29, 1.82) is 0 Å². The number of ether oxygens (including phenoxy) is 2. The van der Waals surface area contributed by atoms with Gasteiger partial charge in [-0.2, -0.15) is 0 Å². The molecule has 1 heterocycles. The number of thioether (sulfide) groups is 1. The van der Waals surface area contributed by atoms with Crippen molar-refractivity contribution in [3.05, 3.63) is 58.0 Å². The lowest BCUT2D eigenvalue weighted by Gasteiger charge is -2.16. The van der Waals surface area contributed by atoms with E-state index in [0.29, 0.717) is 25.7 Å². The zero-order valence-electron chi connectivity index (χ0n) is 15.8. The average molecular weight is 434 g/mol. The molecule has 0 saturated carbocycles. The van der Waals surface area contributed by atoms with Crippen LogP contribution in [0.25, 0.3) is 6.08 Å². The molecule has 1 amide bonds. The van der Waals surface area contributed by atoms with Gasteiger partial charge in [0, 0.05) is 5.56 Å². The quantitative estimate of drug-likeness (QED) is 0.417. The number of amides is 1. The number of rotatable bonds is 6. The van der Waals surface area contributed by atoms with Crippen LogP contribution >= 0.6 is 35.6 Å². The van der Waals surface area contributed by atoms with Crippen molar-refractivity contribution in [1.82, 2.24) is 0 Å². The van der Waals surface area contributed by atoms with Gasteiger partial charge in [0.05, 0.1) is 28.8 Å². The number of para-hydroxylation sites is 1. The highest BCUT2D eigenvalue weighted by Gasteiger charge is 2.33. The van der Waals surface area contributed by atoms with Crippen molar-refractivity contribution >= 4 is 57.6 Å². The summed E-state index contributed by atoms with van der Waals surface area (Å²) in [5, 5.41) is 0.422. The molecular formula is C21H20ClNO3S2. The third-order valence-corrected chi connectivity index (χ3v) is 5.89. The Balaban J connectivity index is 1.91. The van der Waals surface area contributed by atoms with Crippen molar-refractivity contribution in [3.8, 4) is 11.5 Å². The summed E-state index contributed by atoms with van der Waals surface area (Å²) in [6.45, 7) is 4.09. The fourth-order valence-corrected chi connectivity index (χ4v) is 4.17. The Labute approximate surface area is 179 Å². The molecule has 1 fully saturated rings. The summed E-state index contributed by atoms with van der Waals surface area (Å²) in [4.78, 5) is 15.0. The van der Waals surface area contributed by atoms with Gasteiger partial charge in [-0.05, 0) is 43.7 Å². The lowest BCUT2D eigenvalue weighted by Crippen LogP contribution is -2.27. The summed E-state index contributed by atoms with van der Waals surface area (Å²) in [6, 6.07) is 12.8. The lowest BCUT2D eigenvalue weighted by molar-refractivity contribution is -0.113. The predicted octanol–water partition coefficient (Wildman–Crippen LogP) is 5.93. The van der Waals surface area contributed by atoms with E-state index in [-0.39, 0.29) is 12.0 Å². The van der Waals surface area contributed by atoms with Crippen LogP contribution in [0.15, 0.2) is 47.4 Å². The highest BCUT2D eigenvalue weighted by atomic mass is 35.5. The Kier molecular flexibility index (Phi) is 6.65. The first-order chi connectivity index (χ1) is 13.4. The molecule has 0 spiro atoms. The Morgan fingerprint density at radius 1 is 1.25 bits per heavy atom. The van der Waals surface area contributed by atoms with Gasteiger partial charge < -0.3 is 9.47 Å². The van der Waals surface area contributed by atoms with E-state index in [1.54, 1.807) is 25.3 Å². The zero-order chi connectivity index (χ0) is 20.3. The molecule has 1 aliphatic rings. The third-order valence-electron chi connectivity index (χ3n) is 4.30. The van der Waals surface area contributed by atoms with Crippen LogP contribution in [0.5, 0.6) is 11.5 Å². The first kappa shape index (κ1) is 20.7. The topological polar surface area (TPSA) is 38.8 Å². The van der Waals surface area contributed by atoms with Crippen LogP contribution < -0.4 is 14.4 Å². The van der Waals surface area contributed by atoms with E-state index in [4.69, 9.17) is 33.3 Å². The van der Waals surface area contributed by atoms with Crippen LogP contribution in [0.4, 0.5) is 5.69 Å². The second kappa shape index (κ2) is 8.99. The number of halogens is 1. The first-order valence-electron chi connectivity index (χ1n) is 8.81. The van der Waals surface area contributed by atoms with Gasteiger partial charge >= 0.3 is 0 Å². The molecule has 3 rings (SSSR count). The van der Waals surface area contributed by atoms with E-state index in [1.807, 2.05) is 37.3 Å². The highest BCUT2D eigenvalue weighted by molar-refractivity contribution is 8.27. The second-order valence-corrected chi connectivity index (χ2v) is 8.29. The third kappa shape index (κ3) is 4.35. The SMILES string of the molecule is CC[C@H](C)Oc1ccccc1/C=C1/SC(=S)N(c2ccc(OC)c(Cl)c2)C1=O. The fraction of sp³-hybridized carbons (Fsp3) is 0.238. The molecule has 0 radical (unpaired) electrons. The van der Waals surface area contributed by atoms with Gasteiger partial charge in [0.2, 0.25) is 0 Å². The molecule has 0 bridgehead atoms. The van der Waals surface area contributed by atoms with E-state index >= 15 is 0 Å². The largest absolute Gasteiger partial charge is 0.495 e. The van der Waals surface area contributed by atoms with E-state index in [2.05, 4.69) is 6.92 Å². The van der Waals surface area contributed by atoms with Crippen LogP contribution in [0.1, 0.15) is 25.8 Å². The van der Waals surface area contributed by atoms with Gasteiger partial charge in [0.15, 0.2) is 4.32 Å². The van der Waals surface area contributed by atoms with Gasteiger partial charge in [-0.25, -0.2) is 0 Å². The zero-order valence-corrected chi connectivity index (χ0v) is 18.2. The first-order valence-corrected chi connectivity index (χ1v) is 10.4. The summed E-state index contributed by atoms with van der Waals surface area (Å²) in [5.74, 6) is 1.10. The molecule has 0 aliphatic carbocycles. The molecule has 2 aromatic carbocycles. The summed E-state index contributed by atoms with van der Waals surface area (Å²) < 4.78 is 11.6. The number of thiocarbonyl (C=S) groups is 1. The minimum atomic E-state index is -0.186. The minimum absolute atomic E-state index is 0.0884. The monoisotopic (exact) mass is 433 g/mol. The molecule has 4 nitrogen and oxygen atoms in total. The number of hydrogen-bond acceptors (Lipinski definition) is 5. The molecule has 7 heteroatoms. The number of methoxy groups -OCH3 is 1. The molecule has 1 atom stereocenters. The molecule has 1 saturated heterocycles. The van der Waals surface area contributed by atoms with E-state index in [0.717, 1.165) is 17.7 Å². The van der Waals surface area contributed by atoms with Gasteiger partial charge in [0.25, 0.3) is 5.91 Å². The molecular weight excluding hydrogens is 414 g/mol. The molecule has 0 aromatic heterocycles. The molecule has 0 N–H and O–H groups in total. The fourth-order valence-electron chi connectivity index (χ4n) is 2.63. The number of carbonyl (C=O) groups is 1. The number of nitrogens with zero attached hydrogens (tertiary/aromatic N) is 1. The summed E-state index contributed by atoms with van der Waals surface area (Å²) in [5.41, 5.74) is 1.46. The maximum atomic E-state index is 13.0. The van der Waals surface area contributed by atoms with E-state index in [1.165, 1.54) is 16.7 Å². The summed E-state index contributed by atoms with van der Waals surface area (Å²) >= 11 is 12.9. The molecule has 1 aliphatic heterocycles. The molecule has 0 unspecified atom stereocenters.